The van der Waals surface area contributed by atoms with Crippen LogP contribution in [0.2, 0.25) is 0 Å². The molecule has 5 nitrogen and oxygen atoms in total. The number of fused-ring (bicyclic) bond motifs is 1. The molecule has 8 heteroatoms. The van der Waals surface area contributed by atoms with Gasteiger partial charge in [0.05, 0.1) is 17.4 Å². The van der Waals surface area contributed by atoms with Gasteiger partial charge in [0.1, 0.15) is 16.5 Å². The van der Waals surface area contributed by atoms with Gasteiger partial charge in [0.15, 0.2) is 0 Å². The number of nitrogens with one attached hydrogen (secondary N) is 1. The molecule has 0 fully saturated rings. The molecule has 0 saturated carbocycles. The minimum absolute atomic E-state index is 0.0632. The summed E-state index contributed by atoms with van der Waals surface area (Å²) in [6, 6.07) is 10.7. The second kappa shape index (κ2) is 8.16. The lowest BCUT2D eigenvalue weighted by Gasteiger charge is -2.08. The number of carbonyl (C=O) groups is 1. The monoisotopic (exact) mass is 425 g/mol. The topological polar surface area (TPSA) is 64.0 Å². The van der Waals surface area contributed by atoms with E-state index in [0.717, 1.165) is 34.9 Å². The second-order valence-electron chi connectivity index (χ2n) is 6.86. The highest BCUT2D eigenvalue weighted by Gasteiger charge is 2.14. The number of hydrogen-bond acceptors (Lipinski definition) is 4. The van der Waals surface area contributed by atoms with Gasteiger partial charge in [0, 0.05) is 30.0 Å². The number of rotatable bonds is 5. The number of nitrogens with zero attached hydrogens (tertiary/aromatic N) is 2. The zero-order chi connectivity index (χ0) is 21.3. The van der Waals surface area contributed by atoms with E-state index in [2.05, 4.69) is 10.3 Å². The Labute approximate surface area is 174 Å². The first-order valence-electron chi connectivity index (χ1n) is 9.21. The molecule has 0 atom stereocenters. The van der Waals surface area contributed by atoms with Crippen molar-refractivity contribution in [2.24, 2.45) is 0 Å². The van der Waals surface area contributed by atoms with E-state index in [0.29, 0.717) is 10.2 Å². The average Bonchev–Trinajstić information content (AvgIpc) is 3.16. The third-order valence-electron chi connectivity index (χ3n) is 4.71. The Morgan fingerprint density at radius 1 is 1.17 bits per heavy atom. The number of hydrogen-bond donors (Lipinski definition) is 1. The smallest absolute Gasteiger partial charge is 0.262 e. The third-order valence-corrected chi connectivity index (χ3v) is 5.59. The van der Waals surface area contributed by atoms with Crippen LogP contribution < -0.4 is 10.9 Å². The summed E-state index contributed by atoms with van der Waals surface area (Å²) in [5.41, 5.74) is 2.35. The van der Waals surface area contributed by atoms with Crippen molar-refractivity contribution in [2.45, 2.75) is 19.9 Å². The predicted octanol–water partition coefficient (Wildman–Crippen LogP) is 4.74. The van der Waals surface area contributed by atoms with Crippen LogP contribution in [0.25, 0.3) is 21.3 Å². The molecular weight excluding hydrogens is 408 g/mol. The van der Waals surface area contributed by atoms with Crippen LogP contribution in [-0.4, -0.2) is 15.5 Å². The van der Waals surface area contributed by atoms with Crippen molar-refractivity contribution in [3.63, 3.8) is 0 Å². The van der Waals surface area contributed by atoms with Crippen LogP contribution in [0.15, 0.2) is 59.0 Å². The fraction of sp³-hybridized carbons (Fsp3) is 0.136. The molecule has 0 aliphatic carbocycles. The lowest BCUT2D eigenvalue weighted by Crippen LogP contribution is -2.23. The summed E-state index contributed by atoms with van der Waals surface area (Å²) in [4.78, 5) is 30.1. The Hall–Kier alpha value is -3.39. The zero-order valence-electron chi connectivity index (χ0n) is 16.0. The van der Waals surface area contributed by atoms with Crippen LogP contribution in [0.1, 0.15) is 12.0 Å². The van der Waals surface area contributed by atoms with E-state index in [1.165, 1.54) is 22.2 Å². The van der Waals surface area contributed by atoms with Crippen molar-refractivity contribution in [3.05, 3.63) is 81.7 Å². The van der Waals surface area contributed by atoms with E-state index >= 15 is 0 Å². The average molecular weight is 425 g/mol. The largest absolute Gasteiger partial charge is 0.323 e. The molecule has 0 bridgehead atoms. The van der Waals surface area contributed by atoms with Gasteiger partial charge < -0.3 is 5.32 Å². The van der Waals surface area contributed by atoms with E-state index in [9.17, 15) is 18.4 Å². The zero-order valence-corrected chi connectivity index (χ0v) is 16.8. The molecule has 4 aromatic rings. The van der Waals surface area contributed by atoms with Crippen molar-refractivity contribution in [1.82, 2.24) is 9.55 Å². The molecule has 0 spiro atoms. The number of benzene rings is 2. The molecule has 0 aliphatic rings. The third kappa shape index (κ3) is 3.99. The maximum absolute atomic E-state index is 13.7. The Balaban J connectivity index is 1.56. The highest BCUT2D eigenvalue weighted by Crippen LogP contribution is 2.30. The predicted molar refractivity (Wildman–Crippen MR) is 114 cm³/mol. The van der Waals surface area contributed by atoms with Gasteiger partial charge in [-0.05, 0) is 24.6 Å². The molecule has 152 valence electrons. The first-order chi connectivity index (χ1) is 14.4. The van der Waals surface area contributed by atoms with Crippen molar-refractivity contribution < 1.29 is 13.6 Å². The Bertz CT molecular complexity index is 1300. The van der Waals surface area contributed by atoms with Gasteiger partial charge in [-0.2, -0.15) is 0 Å². The SMILES string of the molecule is Cc1ccc(-c2csc3ncn(CCC(=O)Nc4cc(F)ccc4F)c(=O)c23)cc1. The summed E-state index contributed by atoms with van der Waals surface area (Å²) < 4.78 is 28.3. The second-order valence-corrected chi connectivity index (χ2v) is 7.72. The number of carbonyl (C=O) groups excluding carboxylic acids is 1. The normalized spacial score (nSPS) is 11.0. The van der Waals surface area contributed by atoms with Gasteiger partial charge in [0.2, 0.25) is 5.91 Å². The van der Waals surface area contributed by atoms with Crippen LogP contribution in [0.4, 0.5) is 14.5 Å². The van der Waals surface area contributed by atoms with Crippen LogP contribution in [0.3, 0.4) is 0 Å². The number of amides is 1. The summed E-state index contributed by atoms with van der Waals surface area (Å²) in [7, 11) is 0. The minimum Gasteiger partial charge on any atom is -0.323 e. The van der Waals surface area contributed by atoms with Crippen LogP contribution in [0, 0.1) is 18.6 Å². The molecule has 30 heavy (non-hydrogen) atoms. The molecule has 0 saturated heterocycles. The maximum Gasteiger partial charge on any atom is 0.262 e. The molecule has 0 unspecified atom stereocenters. The molecule has 1 amide bonds. The first-order valence-corrected chi connectivity index (χ1v) is 10.1. The number of thiophene rings is 1. The molecule has 2 heterocycles. The Morgan fingerprint density at radius 3 is 2.70 bits per heavy atom. The lowest BCUT2D eigenvalue weighted by molar-refractivity contribution is -0.116. The van der Waals surface area contributed by atoms with Crippen molar-refractivity contribution in [2.75, 3.05) is 5.32 Å². The van der Waals surface area contributed by atoms with Crippen LogP contribution in [-0.2, 0) is 11.3 Å². The lowest BCUT2D eigenvalue weighted by atomic mass is 10.1. The fourth-order valence-electron chi connectivity index (χ4n) is 3.10. The molecule has 2 aromatic carbocycles. The minimum atomic E-state index is -0.731. The fourth-order valence-corrected chi connectivity index (χ4v) is 4.01. The van der Waals surface area contributed by atoms with E-state index in [4.69, 9.17) is 0 Å². The van der Waals surface area contributed by atoms with E-state index in [1.54, 1.807) is 0 Å². The van der Waals surface area contributed by atoms with E-state index < -0.39 is 17.5 Å². The summed E-state index contributed by atoms with van der Waals surface area (Å²) in [6.07, 6.45) is 1.31. The molecular formula is C22H17F2N3O2S. The van der Waals surface area contributed by atoms with Crippen molar-refractivity contribution in [3.8, 4) is 11.1 Å². The van der Waals surface area contributed by atoms with Crippen LogP contribution >= 0.6 is 11.3 Å². The summed E-state index contributed by atoms with van der Waals surface area (Å²) in [5.74, 6) is -1.92. The quantitative estimate of drug-likeness (QED) is 0.502. The van der Waals surface area contributed by atoms with Crippen LogP contribution in [0.5, 0.6) is 0 Å². The maximum atomic E-state index is 13.7. The van der Waals surface area contributed by atoms with Gasteiger partial charge in [-0.25, -0.2) is 13.8 Å². The van der Waals surface area contributed by atoms with Gasteiger partial charge >= 0.3 is 0 Å². The van der Waals surface area contributed by atoms with Gasteiger partial charge in [-0.1, -0.05) is 29.8 Å². The summed E-state index contributed by atoms with van der Waals surface area (Å²) in [6.45, 7) is 2.05. The molecule has 1 N–H and O–H groups in total. The molecule has 0 aliphatic heterocycles. The number of aryl methyl sites for hydroxylation is 2. The molecule has 0 radical (unpaired) electrons. The standard InChI is InChI=1S/C22H17F2N3O2S/c1-13-2-4-14(5-3-13)16-11-30-21-20(16)22(29)27(12-25-21)9-8-19(28)26-18-10-15(23)6-7-17(18)24/h2-7,10-12H,8-9H2,1H3,(H,26,28). The highest BCUT2D eigenvalue weighted by molar-refractivity contribution is 7.17. The van der Waals surface area contributed by atoms with Gasteiger partial charge in [-0.3, -0.25) is 14.2 Å². The first kappa shape index (κ1) is 19.9. The number of aromatic nitrogens is 2. The van der Waals surface area contributed by atoms with Gasteiger partial charge in [-0.15, -0.1) is 11.3 Å². The summed E-state index contributed by atoms with van der Waals surface area (Å²) >= 11 is 1.38. The van der Waals surface area contributed by atoms with E-state index in [1.807, 2.05) is 36.6 Å². The van der Waals surface area contributed by atoms with Crippen molar-refractivity contribution in [1.29, 1.82) is 0 Å². The highest BCUT2D eigenvalue weighted by atomic mass is 32.1. The van der Waals surface area contributed by atoms with Gasteiger partial charge in [0.25, 0.3) is 5.56 Å². The molecule has 4 rings (SSSR count). The Morgan fingerprint density at radius 2 is 1.93 bits per heavy atom. The van der Waals surface area contributed by atoms with Crippen molar-refractivity contribution >= 4 is 33.1 Å². The van der Waals surface area contributed by atoms with E-state index in [-0.39, 0.29) is 24.2 Å². The summed E-state index contributed by atoms with van der Waals surface area (Å²) in [5, 5.41) is 4.73. The number of halogens is 2. The number of anilines is 1. The Kier molecular flexibility index (Phi) is 5.41. The molecule has 2 aromatic heterocycles.